The van der Waals surface area contributed by atoms with E-state index in [2.05, 4.69) is 20.8 Å². The SMILES string of the molecule is COCc1noc([C@@H]2C[C@@H]2C(=O)NCC2(NC(=O)c3cccc(C(F)(F)F)c3N)CC2)n1. The van der Waals surface area contributed by atoms with Crippen LogP contribution in [-0.2, 0) is 22.3 Å². The summed E-state index contributed by atoms with van der Waals surface area (Å²) in [5.74, 6) is -0.602. The topological polar surface area (TPSA) is 132 Å². The number of nitrogens with zero attached hydrogens (tertiary/aromatic N) is 2. The third kappa shape index (κ3) is 4.54. The van der Waals surface area contributed by atoms with Gasteiger partial charge < -0.3 is 25.6 Å². The molecule has 0 saturated heterocycles. The van der Waals surface area contributed by atoms with Crippen molar-refractivity contribution in [2.75, 3.05) is 19.4 Å². The van der Waals surface area contributed by atoms with E-state index in [1.807, 2.05) is 0 Å². The predicted octanol–water partition coefficient (Wildman–Crippen LogP) is 2.00. The minimum Gasteiger partial charge on any atom is -0.398 e. The van der Waals surface area contributed by atoms with Crippen molar-refractivity contribution in [1.82, 2.24) is 20.8 Å². The smallest absolute Gasteiger partial charge is 0.398 e. The summed E-state index contributed by atoms with van der Waals surface area (Å²) in [6.45, 7) is 0.379. The van der Waals surface area contributed by atoms with Crippen LogP contribution < -0.4 is 16.4 Å². The van der Waals surface area contributed by atoms with Gasteiger partial charge in [-0.1, -0.05) is 11.2 Å². The number of methoxy groups -OCH3 is 1. The molecule has 0 radical (unpaired) electrons. The van der Waals surface area contributed by atoms with E-state index in [1.165, 1.54) is 13.2 Å². The molecule has 172 valence electrons. The molecule has 2 aliphatic carbocycles. The van der Waals surface area contributed by atoms with Crippen molar-refractivity contribution < 1.29 is 32.0 Å². The number of benzene rings is 1. The number of nitrogens with one attached hydrogen (secondary N) is 2. The quantitative estimate of drug-likeness (QED) is 0.521. The summed E-state index contributed by atoms with van der Waals surface area (Å²) in [5, 5.41) is 9.30. The fourth-order valence-electron chi connectivity index (χ4n) is 3.57. The molecular formula is C20H22F3N5O4. The number of anilines is 1. The van der Waals surface area contributed by atoms with Crippen LogP contribution in [-0.4, -0.2) is 41.1 Å². The van der Waals surface area contributed by atoms with E-state index in [4.69, 9.17) is 15.0 Å². The number of nitrogens with two attached hydrogens (primary N) is 1. The highest BCUT2D eigenvalue weighted by atomic mass is 19.4. The Balaban J connectivity index is 1.32. The van der Waals surface area contributed by atoms with Crippen molar-refractivity contribution in [3.8, 4) is 0 Å². The first kappa shape index (κ1) is 22.1. The van der Waals surface area contributed by atoms with E-state index < -0.39 is 28.9 Å². The maximum atomic E-state index is 13.0. The van der Waals surface area contributed by atoms with Gasteiger partial charge in [-0.2, -0.15) is 18.2 Å². The summed E-state index contributed by atoms with van der Waals surface area (Å²) in [6.07, 6.45) is -2.90. The number of alkyl halides is 3. The van der Waals surface area contributed by atoms with Crippen LogP contribution in [0.25, 0.3) is 0 Å². The van der Waals surface area contributed by atoms with Crippen LogP contribution in [0.15, 0.2) is 22.7 Å². The van der Waals surface area contributed by atoms with E-state index in [1.54, 1.807) is 0 Å². The average molecular weight is 453 g/mol. The number of hydrogen-bond donors (Lipinski definition) is 3. The van der Waals surface area contributed by atoms with Crippen molar-refractivity contribution in [2.24, 2.45) is 5.92 Å². The minimum atomic E-state index is -4.66. The molecule has 1 aromatic carbocycles. The number of rotatable bonds is 8. The molecule has 32 heavy (non-hydrogen) atoms. The highest BCUT2D eigenvalue weighted by molar-refractivity contribution is 6.00. The van der Waals surface area contributed by atoms with E-state index in [0.29, 0.717) is 31.0 Å². The number of carbonyl (C=O) groups excluding carboxylic acids is 2. The summed E-state index contributed by atoms with van der Waals surface area (Å²) in [4.78, 5) is 29.2. The molecule has 0 bridgehead atoms. The van der Waals surface area contributed by atoms with E-state index in [9.17, 15) is 22.8 Å². The zero-order valence-corrected chi connectivity index (χ0v) is 17.2. The van der Waals surface area contributed by atoms with Crippen molar-refractivity contribution >= 4 is 17.5 Å². The largest absolute Gasteiger partial charge is 0.418 e. The maximum Gasteiger partial charge on any atom is 0.418 e. The van der Waals surface area contributed by atoms with Crippen LogP contribution in [0.2, 0.25) is 0 Å². The lowest BCUT2D eigenvalue weighted by molar-refractivity contribution is -0.137. The van der Waals surface area contributed by atoms with Gasteiger partial charge in [0.25, 0.3) is 5.91 Å². The number of halogens is 3. The molecule has 9 nitrogen and oxygen atoms in total. The molecule has 1 heterocycles. The zero-order valence-electron chi connectivity index (χ0n) is 17.2. The number of hydrogen-bond acceptors (Lipinski definition) is 7. The second-order valence-electron chi connectivity index (χ2n) is 8.15. The van der Waals surface area contributed by atoms with Crippen molar-refractivity contribution in [1.29, 1.82) is 0 Å². The van der Waals surface area contributed by atoms with Gasteiger partial charge in [0.05, 0.1) is 34.2 Å². The highest BCUT2D eigenvalue weighted by Gasteiger charge is 2.50. The molecule has 4 rings (SSSR count). The third-order valence-corrected chi connectivity index (χ3v) is 5.69. The van der Waals surface area contributed by atoms with Gasteiger partial charge in [-0.05, 0) is 31.4 Å². The lowest BCUT2D eigenvalue weighted by atomic mass is 10.1. The number of para-hydroxylation sites is 1. The lowest BCUT2D eigenvalue weighted by Gasteiger charge is -2.20. The van der Waals surface area contributed by atoms with Crippen LogP contribution >= 0.6 is 0 Å². The molecule has 0 spiro atoms. The number of aromatic nitrogens is 2. The molecule has 4 N–H and O–H groups in total. The summed E-state index contributed by atoms with van der Waals surface area (Å²) in [6, 6.07) is 3.21. The van der Waals surface area contributed by atoms with Crippen LogP contribution in [0.3, 0.4) is 0 Å². The fraction of sp³-hybridized carbons (Fsp3) is 0.500. The predicted molar refractivity (Wildman–Crippen MR) is 104 cm³/mol. The minimum absolute atomic E-state index is 0.164. The Bertz CT molecular complexity index is 1030. The van der Waals surface area contributed by atoms with E-state index >= 15 is 0 Å². The fourth-order valence-corrected chi connectivity index (χ4v) is 3.57. The molecule has 2 saturated carbocycles. The average Bonchev–Trinajstić information content (AvgIpc) is 3.64. The molecule has 0 unspecified atom stereocenters. The van der Waals surface area contributed by atoms with Crippen LogP contribution in [0.5, 0.6) is 0 Å². The molecular weight excluding hydrogens is 431 g/mol. The molecule has 0 aliphatic heterocycles. The standard InChI is InChI=1S/C20H22F3N5O4/c1-31-8-14-26-18(32-28-14)12-7-11(12)16(29)25-9-19(5-6-19)27-17(30)10-3-2-4-13(15(10)24)20(21,22)23/h2-4,11-12H,5-9,24H2,1H3,(H,25,29)(H,27,30)/t11-,12+/m0/s1. The van der Waals surface area contributed by atoms with Crippen molar-refractivity contribution in [3.63, 3.8) is 0 Å². The van der Waals surface area contributed by atoms with Gasteiger partial charge in [0.15, 0.2) is 5.82 Å². The lowest BCUT2D eigenvalue weighted by Crippen LogP contribution is -2.46. The van der Waals surface area contributed by atoms with Gasteiger partial charge in [0.2, 0.25) is 11.8 Å². The normalized spacial score (nSPS) is 21.1. The van der Waals surface area contributed by atoms with Crippen LogP contribution in [0, 0.1) is 5.92 Å². The first-order chi connectivity index (χ1) is 15.1. The van der Waals surface area contributed by atoms with Gasteiger partial charge in [-0.3, -0.25) is 9.59 Å². The van der Waals surface area contributed by atoms with Gasteiger partial charge in [-0.15, -0.1) is 0 Å². The molecule has 12 heteroatoms. The van der Waals surface area contributed by atoms with Crippen LogP contribution in [0.1, 0.15) is 52.8 Å². The summed E-state index contributed by atoms with van der Waals surface area (Å²) in [7, 11) is 1.51. The van der Waals surface area contributed by atoms with Gasteiger partial charge in [-0.25, -0.2) is 0 Å². The highest BCUT2D eigenvalue weighted by Crippen LogP contribution is 2.47. The molecule has 2 aliphatic rings. The molecule has 2 aromatic rings. The zero-order chi connectivity index (χ0) is 23.1. The number of carbonyl (C=O) groups is 2. The van der Waals surface area contributed by atoms with Gasteiger partial charge in [0, 0.05) is 13.7 Å². The Hall–Kier alpha value is -3.15. The van der Waals surface area contributed by atoms with E-state index in [-0.39, 0.29) is 36.5 Å². The number of ether oxygens (including phenoxy) is 1. The third-order valence-electron chi connectivity index (χ3n) is 5.69. The van der Waals surface area contributed by atoms with Crippen molar-refractivity contribution in [2.45, 2.75) is 43.5 Å². The molecule has 2 fully saturated rings. The number of nitrogen functional groups attached to an aromatic ring is 1. The maximum absolute atomic E-state index is 13.0. The summed E-state index contributed by atoms with van der Waals surface area (Å²) < 4.78 is 49.2. The second kappa shape index (κ2) is 8.08. The Morgan fingerprint density at radius 1 is 1.34 bits per heavy atom. The molecule has 1 aromatic heterocycles. The Morgan fingerprint density at radius 2 is 2.09 bits per heavy atom. The number of amides is 2. The first-order valence-electron chi connectivity index (χ1n) is 10.0. The molecule has 2 atom stereocenters. The second-order valence-corrected chi connectivity index (χ2v) is 8.15. The van der Waals surface area contributed by atoms with Gasteiger partial charge in [0.1, 0.15) is 6.61 Å². The molecule has 2 amide bonds. The van der Waals surface area contributed by atoms with E-state index in [0.717, 1.165) is 12.1 Å². The van der Waals surface area contributed by atoms with Gasteiger partial charge >= 0.3 is 6.18 Å². The Kier molecular flexibility index (Phi) is 5.57. The summed E-state index contributed by atoms with van der Waals surface area (Å²) in [5.41, 5.74) is 2.97. The monoisotopic (exact) mass is 453 g/mol. The Labute approximate surface area is 180 Å². The van der Waals surface area contributed by atoms with Crippen molar-refractivity contribution in [3.05, 3.63) is 41.0 Å². The van der Waals surface area contributed by atoms with Crippen LogP contribution in [0.4, 0.5) is 18.9 Å². The summed E-state index contributed by atoms with van der Waals surface area (Å²) >= 11 is 0. The Morgan fingerprint density at radius 3 is 2.75 bits per heavy atom. The first-order valence-corrected chi connectivity index (χ1v) is 10.0.